The van der Waals surface area contributed by atoms with Crippen LogP contribution >= 0.6 is 24.8 Å². The van der Waals surface area contributed by atoms with Crippen LogP contribution in [0.5, 0.6) is 5.75 Å². The minimum absolute atomic E-state index is 0. The number of halogens is 2. The maximum absolute atomic E-state index is 10.00. The molecule has 1 aromatic heterocycles. The van der Waals surface area contributed by atoms with Crippen LogP contribution in [-0.4, -0.2) is 35.8 Å². The monoisotopic (exact) mass is 341 g/mol. The van der Waals surface area contributed by atoms with E-state index in [1.807, 2.05) is 42.7 Å². The molecular formula is C16H21Cl2N3O. The van der Waals surface area contributed by atoms with E-state index in [0.29, 0.717) is 11.8 Å². The third-order valence-corrected chi connectivity index (χ3v) is 3.85. The summed E-state index contributed by atoms with van der Waals surface area (Å²) in [6.07, 6.45) is 3.66. The van der Waals surface area contributed by atoms with Crippen LogP contribution in [0.1, 0.15) is 6.92 Å². The highest BCUT2D eigenvalue weighted by Gasteiger charge is 2.25. The summed E-state index contributed by atoms with van der Waals surface area (Å²) in [6, 6.07) is 12.0. The Bertz CT molecular complexity index is 583. The van der Waals surface area contributed by atoms with Gasteiger partial charge in [0.1, 0.15) is 5.75 Å². The third-order valence-electron chi connectivity index (χ3n) is 3.85. The van der Waals surface area contributed by atoms with Gasteiger partial charge in [-0.2, -0.15) is 0 Å². The zero-order valence-corrected chi connectivity index (χ0v) is 14.1. The molecule has 120 valence electrons. The van der Waals surface area contributed by atoms with Crippen molar-refractivity contribution in [3.05, 3.63) is 48.8 Å². The first-order valence-electron chi connectivity index (χ1n) is 6.95. The number of aromatic nitrogens is 1. The number of aromatic hydroxyl groups is 1. The second-order valence-electron chi connectivity index (χ2n) is 5.18. The maximum atomic E-state index is 10.00. The molecule has 6 heteroatoms. The lowest BCUT2D eigenvalue weighted by molar-refractivity contribution is 0.466. The molecule has 1 fully saturated rings. The van der Waals surface area contributed by atoms with Gasteiger partial charge in [-0.25, -0.2) is 0 Å². The number of anilines is 2. The van der Waals surface area contributed by atoms with Crippen molar-refractivity contribution >= 4 is 36.2 Å². The molecule has 1 aromatic carbocycles. The van der Waals surface area contributed by atoms with E-state index in [-0.39, 0.29) is 24.8 Å². The number of para-hydroxylation sites is 2. The van der Waals surface area contributed by atoms with E-state index in [2.05, 4.69) is 21.7 Å². The summed E-state index contributed by atoms with van der Waals surface area (Å²) in [6.45, 7) is 4.99. The standard InChI is InChI=1S/C16H19N3O.2ClH/c1-13-12-18(14-6-8-17-9-7-14)10-11-19(13)15-4-2-3-5-16(15)20;;/h2-9,13,20H,10-12H2,1H3;2*1H. The molecule has 1 unspecified atom stereocenters. The lowest BCUT2D eigenvalue weighted by Crippen LogP contribution is -2.52. The quantitative estimate of drug-likeness (QED) is 0.909. The SMILES string of the molecule is CC1CN(c2ccncc2)CCN1c1ccccc1O.Cl.Cl. The van der Waals surface area contributed by atoms with Crippen molar-refractivity contribution in [1.82, 2.24) is 4.98 Å². The van der Waals surface area contributed by atoms with Crippen molar-refractivity contribution in [2.24, 2.45) is 0 Å². The average Bonchev–Trinajstić information content (AvgIpc) is 2.49. The van der Waals surface area contributed by atoms with Gasteiger partial charge in [0.2, 0.25) is 0 Å². The largest absolute Gasteiger partial charge is 0.506 e. The zero-order chi connectivity index (χ0) is 13.9. The molecule has 4 nitrogen and oxygen atoms in total. The van der Waals surface area contributed by atoms with E-state index in [0.717, 1.165) is 25.3 Å². The molecule has 0 aliphatic carbocycles. The highest BCUT2D eigenvalue weighted by molar-refractivity contribution is 5.85. The molecular weight excluding hydrogens is 321 g/mol. The topological polar surface area (TPSA) is 39.6 Å². The number of hydrogen-bond acceptors (Lipinski definition) is 4. The lowest BCUT2D eigenvalue weighted by Gasteiger charge is -2.42. The summed E-state index contributed by atoms with van der Waals surface area (Å²) >= 11 is 0. The van der Waals surface area contributed by atoms with Gasteiger partial charge in [0.05, 0.1) is 5.69 Å². The second kappa shape index (κ2) is 8.11. The molecule has 3 rings (SSSR count). The summed E-state index contributed by atoms with van der Waals surface area (Å²) < 4.78 is 0. The molecule has 1 atom stereocenters. The van der Waals surface area contributed by atoms with Crippen LogP contribution < -0.4 is 9.80 Å². The molecule has 0 saturated carbocycles. The minimum Gasteiger partial charge on any atom is -0.506 e. The molecule has 22 heavy (non-hydrogen) atoms. The Balaban J connectivity index is 0.00000121. The second-order valence-corrected chi connectivity index (χ2v) is 5.18. The van der Waals surface area contributed by atoms with E-state index >= 15 is 0 Å². The fourth-order valence-corrected chi connectivity index (χ4v) is 2.81. The van der Waals surface area contributed by atoms with Crippen molar-refractivity contribution in [2.45, 2.75) is 13.0 Å². The smallest absolute Gasteiger partial charge is 0.138 e. The molecule has 0 amide bonds. The van der Waals surface area contributed by atoms with Crippen LogP contribution in [0.2, 0.25) is 0 Å². The molecule has 1 N–H and O–H groups in total. The highest BCUT2D eigenvalue weighted by atomic mass is 35.5. The number of pyridine rings is 1. The zero-order valence-electron chi connectivity index (χ0n) is 12.4. The first kappa shape index (κ1) is 18.4. The van der Waals surface area contributed by atoms with Crippen molar-refractivity contribution < 1.29 is 5.11 Å². The Hall–Kier alpha value is -1.65. The van der Waals surface area contributed by atoms with Crippen molar-refractivity contribution in [3.63, 3.8) is 0 Å². The Kier molecular flexibility index (Phi) is 6.78. The normalized spacial score (nSPS) is 17.4. The van der Waals surface area contributed by atoms with Crippen LogP contribution in [0.4, 0.5) is 11.4 Å². The number of benzene rings is 1. The fraction of sp³-hybridized carbons (Fsp3) is 0.312. The Morgan fingerprint density at radius 3 is 2.36 bits per heavy atom. The number of nitrogens with zero attached hydrogens (tertiary/aromatic N) is 3. The average molecular weight is 342 g/mol. The van der Waals surface area contributed by atoms with Gasteiger partial charge in [0.15, 0.2) is 0 Å². The van der Waals surface area contributed by atoms with Crippen LogP contribution in [0.3, 0.4) is 0 Å². The van der Waals surface area contributed by atoms with Gasteiger partial charge in [-0.15, -0.1) is 24.8 Å². The summed E-state index contributed by atoms with van der Waals surface area (Å²) in [5.41, 5.74) is 2.14. The van der Waals surface area contributed by atoms with Crippen molar-refractivity contribution in [2.75, 3.05) is 29.4 Å². The van der Waals surface area contributed by atoms with Crippen molar-refractivity contribution in [1.29, 1.82) is 0 Å². The van der Waals surface area contributed by atoms with Gasteiger partial charge in [-0.05, 0) is 31.2 Å². The summed E-state index contributed by atoms with van der Waals surface area (Å²) in [5.74, 6) is 0.358. The molecule has 2 aromatic rings. The lowest BCUT2D eigenvalue weighted by atomic mass is 10.1. The predicted molar refractivity (Wildman–Crippen MR) is 95.9 cm³/mol. The first-order valence-corrected chi connectivity index (χ1v) is 6.95. The van der Waals surface area contributed by atoms with Crippen LogP contribution in [0.25, 0.3) is 0 Å². The Morgan fingerprint density at radius 1 is 1.05 bits per heavy atom. The minimum atomic E-state index is 0. The van der Waals surface area contributed by atoms with Gasteiger partial charge in [-0.1, -0.05) is 12.1 Å². The van der Waals surface area contributed by atoms with Gasteiger partial charge in [0.25, 0.3) is 0 Å². The van der Waals surface area contributed by atoms with E-state index in [1.165, 1.54) is 5.69 Å². The number of phenols is 1. The van der Waals surface area contributed by atoms with E-state index < -0.39 is 0 Å². The maximum Gasteiger partial charge on any atom is 0.138 e. The summed E-state index contributed by atoms with van der Waals surface area (Å²) in [5, 5.41) is 10.00. The van der Waals surface area contributed by atoms with E-state index in [9.17, 15) is 5.11 Å². The summed E-state index contributed by atoms with van der Waals surface area (Å²) in [4.78, 5) is 8.70. The highest BCUT2D eigenvalue weighted by Crippen LogP contribution is 2.30. The number of piperazine rings is 1. The molecule has 2 heterocycles. The van der Waals surface area contributed by atoms with Gasteiger partial charge in [-0.3, -0.25) is 4.98 Å². The van der Waals surface area contributed by atoms with Crippen molar-refractivity contribution in [3.8, 4) is 5.75 Å². The summed E-state index contributed by atoms with van der Waals surface area (Å²) in [7, 11) is 0. The van der Waals surface area contributed by atoms with Crippen LogP contribution in [0.15, 0.2) is 48.8 Å². The first-order chi connectivity index (χ1) is 9.75. The molecule has 0 radical (unpaired) electrons. The van der Waals surface area contributed by atoms with E-state index in [1.54, 1.807) is 6.07 Å². The number of rotatable bonds is 2. The van der Waals surface area contributed by atoms with E-state index in [4.69, 9.17) is 0 Å². The van der Waals surface area contributed by atoms with Crippen LogP contribution in [-0.2, 0) is 0 Å². The number of hydrogen-bond donors (Lipinski definition) is 1. The Labute approximate surface area is 143 Å². The molecule has 1 aliphatic heterocycles. The third kappa shape index (κ3) is 3.76. The molecule has 0 bridgehead atoms. The van der Waals surface area contributed by atoms with Gasteiger partial charge in [0, 0.05) is 43.8 Å². The molecule has 1 aliphatic rings. The molecule has 1 saturated heterocycles. The number of phenolic OH excluding ortho intramolecular Hbond substituents is 1. The van der Waals surface area contributed by atoms with Gasteiger partial charge >= 0.3 is 0 Å². The van der Waals surface area contributed by atoms with Gasteiger partial charge < -0.3 is 14.9 Å². The fourth-order valence-electron chi connectivity index (χ4n) is 2.81. The predicted octanol–water partition coefficient (Wildman–Crippen LogP) is 3.35. The molecule has 0 spiro atoms. The van der Waals surface area contributed by atoms with Crippen LogP contribution in [0, 0.1) is 0 Å². The Morgan fingerprint density at radius 2 is 1.73 bits per heavy atom.